The molecule has 0 aliphatic heterocycles. The van der Waals surface area contributed by atoms with Crippen LogP contribution in [-0.4, -0.2) is 26.0 Å². The molecule has 7 heteroatoms. The topological polar surface area (TPSA) is 88.7 Å². The molecule has 198 valence electrons. The summed E-state index contributed by atoms with van der Waals surface area (Å²) in [6, 6.07) is 32.7. The maximum Gasteiger partial charge on any atom is 0.255 e. The van der Waals surface area contributed by atoms with Gasteiger partial charge in [-0.05, 0) is 66.2 Å². The number of amides is 2. The van der Waals surface area contributed by atoms with Crippen molar-refractivity contribution >= 4 is 28.9 Å². The predicted molar refractivity (Wildman–Crippen MR) is 155 cm³/mol. The van der Waals surface area contributed by atoms with E-state index in [1.807, 2.05) is 72.8 Å². The highest BCUT2D eigenvalue weighted by atomic mass is 16.5. The first-order valence-electron chi connectivity index (χ1n) is 12.4. The molecule has 0 saturated heterocycles. The van der Waals surface area contributed by atoms with Crippen molar-refractivity contribution in [1.29, 1.82) is 0 Å². The number of nitrogens with one attached hydrogen (secondary N) is 3. The van der Waals surface area contributed by atoms with Crippen LogP contribution in [0.3, 0.4) is 0 Å². The van der Waals surface area contributed by atoms with Crippen molar-refractivity contribution in [1.82, 2.24) is 0 Å². The molecular formula is C32H31N3O4. The van der Waals surface area contributed by atoms with Crippen LogP contribution < -0.4 is 25.4 Å². The van der Waals surface area contributed by atoms with Crippen molar-refractivity contribution in [2.24, 2.45) is 0 Å². The van der Waals surface area contributed by atoms with E-state index in [1.54, 1.807) is 50.6 Å². The Balaban J connectivity index is 1.71. The minimum absolute atomic E-state index is 0.0102. The zero-order chi connectivity index (χ0) is 27.7. The number of hydrogen-bond acceptors (Lipinski definition) is 5. The van der Waals surface area contributed by atoms with Gasteiger partial charge in [-0.1, -0.05) is 55.1 Å². The van der Waals surface area contributed by atoms with Gasteiger partial charge in [0.25, 0.3) is 11.8 Å². The monoisotopic (exact) mass is 521 g/mol. The Kier molecular flexibility index (Phi) is 8.64. The first-order chi connectivity index (χ1) is 18.9. The number of para-hydroxylation sites is 1. The Bertz CT molecular complexity index is 1410. The van der Waals surface area contributed by atoms with Gasteiger partial charge in [0, 0.05) is 29.1 Å². The minimum atomic E-state index is -1.37. The summed E-state index contributed by atoms with van der Waals surface area (Å²) < 4.78 is 10.5. The van der Waals surface area contributed by atoms with Crippen LogP contribution in [0.2, 0.25) is 0 Å². The van der Waals surface area contributed by atoms with E-state index in [0.717, 1.165) is 0 Å². The molecule has 4 aromatic carbocycles. The number of hydrogen-bond donors (Lipinski definition) is 3. The Hall–Kier alpha value is -5.04. The van der Waals surface area contributed by atoms with Crippen LogP contribution in [0.25, 0.3) is 0 Å². The van der Waals surface area contributed by atoms with Crippen LogP contribution >= 0.6 is 0 Å². The molecule has 39 heavy (non-hydrogen) atoms. The molecule has 0 aliphatic carbocycles. The van der Waals surface area contributed by atoms with Gasteiger partial charge in [-0.3, -0.25) is 9.59 Å². The third-order valence-corrected chi connectivity index (χ3v) is 6.28. The minimum Gasteiger partial charge on any atom is -0.497 e. The molecule has 0 aromatic heterocycles. The molecule has 0 heterocycles. The van der Waals surface area contributed by atoms with E-state index in [0.29, 0.717) is 34.1 Å². The molecule has 0 bridgehead atoms. The normalized spacial score (nSPS) is 11.9. The first kappa shape index (κ1) is 27.0. The van der Waals surface area contributed by atoms with Gasteiger partial charge in [0.1, 0.15) is 17.0 Å². The van der Waals surface area contributed by atoms with Crippen molar-refractivity contribution < 1.29 is 19.1 Å². The predicted octanol–water partition coefficient (Wildman–Crippen LogP) is 6.23. The van der Waals surface area contributed by atoms with Crippen LogP contribution in [0, 0.1) is 0 Å². The molecule has 0 radical (unpaired) electrons. The highest BCUT2D eigenvalue weighted by molar-refractivity contribution is 6.06. The van der Waals surface area contributed by atoms with E-state index in [1.165, 1.54) is 0 Å². The first-order valence-corrected chi connectivity index (χ1v) is 12.4. The molecule has 3 N–H and O–H groups in total. The summed E-state index contributed by atoms with van der Waals surface area (Å²) >= 11 is 0. The van der Waals surface area contributed by atoms with Crippen LogP contribution in [0.1, 0.15) is 12.0 Å². The number of carbonyl (C=O) groups excluding carboxylic acids is 2. The van der Waals surface area contributed by atoms with Gasteiger partial charge in [0.15, 0.2) is 0 Å². The fourth-order valence-electron chi connectivity index (χ4n) is 4.18. The van der Waals surface area contributed by atoms with Gasteiger partial charge in [-0.25, -0.2) is 0 Å². The Morgan fingerprint density at radius 3 is 1.69 bits per heavy atom. The SMILES string of the molecule is C=C(CC(Nc1ccc(OC)cc1)(C(=O)Nc1ccccc1)c1ccccc1)C(=O)Nc1ccc(OC)cc1. The molecule has 0 fully saturated rings. The van der Waals surface area contributed by atoms with E-state index in [4.69, 9.17) is 9.47 Å². The number of ether oxygens (including phenoxy) is 2. The molecule has 7 nitrogen and oxygen atoms in total. The Labute approximate surface area is 228 Å². The quantitative estimate of drug-likeness (QED) is 0.204. The van der Waals surface area contributed by atoms with Crippen molar-refractivity contribution in [3.63, 3.8) is 0 Å². The lowest BCUT2D eigenvalue weighted by molar-refractivity contribution is -0.120. The molecule has 1 atom stereocenters. The molecule has 0 aliphatic rings. The highest BCUT2D eigenvalue weighted by Crippen LogP contribution is 2.35. The Morgan fingerprint density at radius 1 is 0.667 bits per heavy atom. The third-order valence-electron chi connectivity index (χ3n) is 6.28. The second kappa shape index (κ2) is 12.5. The number of carbonyl (C=O) groups is 2. The average Bonchev–Trinajstić information content (AvgIpc) is 2.98. The lowest BCUT2D eigenvalue weighted by Crippen LogP contribution is -2.48. The van der Waals surface area contributed by atoms with Crippen LogP contribution in [-0.2, 0) is 15.1 Å². The summed E-state index contributed by atoms with van der Waals surface area (Å²) in [6.07, 6.45) is -0.0102. The fourth-order valence-corrected chi connectivity index (χ4v) is 4.18. The molecule has 4 aromatic rings. The summed E-state index contributed by atoms with van der Waals surface area (Å²) in [5.74, 6) is 0.623. The molecule has 4 rings (SSSR count). The van der Waals surface area contributed by atoms with E-state index in [-0.39, 0.29) is 17.9 Å². The van der Waals surface area contributed by atoms with Crippen LogP contribution in [0.5, 0.6) is 11.5 Å². The lowest BCUT2D eigenvalue weighted by Gasteiger charge is -2.35. The van der Waals surface area contributed by atoms with Gasteiger partial charge in [-0.15, -0.1) is 0 Å². The maximum atomic E-state index is 14.2. The third kappa shape index (κ3) is 6.64. The number of methoxy groups -OCH3 is 2. The second-order valence-electron chi connectivity index (χ2n) is 8.91. The van der Waals surface area contributed by atoms with E-state index < -0.39 is 11.4 Å². The zero-order valence-corrected chi connectivity index (χ0v) is 21.9. The molecule has 2 amide bonds. The summed E-state index contributed by atoms with van der Waals surface area (Å²) in [7, 11) is 3.17. The van der Waals surface area contributed by atoms with Crippen LogP contribution in [0.15, 0.2) is 121 Å². The van der Waals surface area contributed by atoms with E-state index in [9.17, 15) is 9.59 Å². The largest absolute Gasteiger partial charge is 0.497 e. The standard InChI is InChI=1S/C32H31N3O4/c1-23(30(36)33-26-14-18-28(38-2)19-15-26)22-32(24-10-6-4-7-11-24,31(37)34-25-12-8-5-9-13-25)35-27-16-20-29(39-3)21-17-27/h4-21,35H,1,22H2,2-3H3,(H,33,36)(H,34,37). The van der Waals surface area contributed by atoms with Gasteiger partial charge < -0.3 is 25.4 Å². The summed E-state index contributed by atoms with van der Waals surface area (Å²) in [6.45, 7) is 4.08. The molecule has 1 unspecified atom stereocenters. The van der Waals surface area contributed by atoms with Gasteiger partial charge in [-0.2, -0.15) is 0 Å². The molecular weight excluding hydrogens is 490 g/mol. The smallest absolute Gasteiger partial charge is 0.255 e. The highest BCUT2D eigenvalue weighted by Gasteiger charge is 2.42. The van der Waals surface area contributed by atoms with Crippen LogP contribution in [0.4, 0.5) is 17.1 Å². The lowest BCUT2D eigenvalue weighted by atomic mass is 9.82. The maximum absolute atomic E-state index is 14.2. The number of benzene rings is 4. The number of anilines is 3. The van der Waals surface area contributed by atoms with Crippen molar-refractivity contribution in [2.75, 3.05) is 30.2 Å². The summed E-state index contributed by atoms with van der Waals surface area (Å²) in [5, 5.41) is 9.30. The van der Waals surface area contributed by atoms with Gasteiger partial charge in [0.2, 0.25) is 0 Å². The summed E-state index contributed by atoms with van der Waals surface area (Å²) in [5.41, 5.74) is 1.41. The van der Waals surface area contributed by atoms with Gasteiger partial charge >= 0.3 is 0 Å². The van der Waals surface area contributed by atoms with Crippen molar-refractivity contribution in [3.8, 4) is 11.5 Å². The molecule has 0 saturated carbocycles. The average molecular weight is 522 g/mol. The fraction of sp³-hybridized carbons (Fsp3) is 0.125. The Morgan fingerprint density at radius 2 is 1.15 bits per heavy atom. The second-order valence-corrected chi connectivity index (χ2v) is 8.91. The van der Waals surface area contributed by atoms with Crippen molar-refractivity contribution in [3.05, 3.63) is 127 Å². The zero-order valence-electron chi connectivity index (χ0n) is 21.9. The molecule has 0 spiro atoms. The van der Waals surface area contributed by atoms with E-state index >= 15 is 0 Å². The van der Waals surface area contributed by atoms with Gasteiger partial charge in [0.05, 0.1) is 14.2 Å². The van der Waals surface area contributed by atoms with E-state index in [2.05, 4.69) is 22.5 Å². The summed E-state index contributed by atoms with van der Waals surface area (Å²) in [4.78, 5) is 27.4. The van der Waals surface area contributed by atoms with Crippen molar-refractivity contribution in [2.45, 2.75) is 12.0 Å². The number of rotatable bonds is 11.